The fraction of sp³-hybridized carbons (Fsp3) is 0.480. The van der Waals surface area contributed by atoms with Gasteiger partial charge in [-0.05, 0) is 55.3 Å². The van der Waals surface area contributed by atoms with Gasteiger partial charge in [-0.2, -0.15) is 4.31 Å². The second-order valence-electron chi connectivity index (χ2n) is 9.22. The maximum absolute atomic E-state index is 13.2. The Kier molecular flexibility index (Phi) is 7.98. The van der Waals surface area contributed by atoms with Crippen molar-refractivity contribution >= 4 is 15.9 Å². The molecule has 1 N–H and O–H groups in total. The van der Waals surface area contributed by atoms with Crippen LogP contribution in [0.15, 0.2) is 53.4 Å². The lowest BCUT2D eigenvalue weighted by molar-refractivity contribution is -0.126. The monoisotopic (exact) mass is 488 g/mol. The number of likely N-dealkylation sites (N-methyl/N-ethyl adjacent to an activating group) is 1. The number of piperidine rings is 1. The Hall–Kier alpha value is -2.33. The lowest BCUT2D eigenvalue weighted by Crippen LogP contribution is -2.45. The molecule has 0 aromatic heterocycles. The number of nitrogens with zero attached hydrogens (tertiary/aromatic N) is 3. The highest BCUT2D eigenvalue weighted by molar-refractivity contribution is 7.89. The molecular weight excluding hydrogens is 455 g/mol. The number of carbonyl (C=O) groups excluding carboxylic acids is 1. The Morgan fingerprint density at radius 3 is 2.38 bits per heavy atom. The van der Waals surface area contributed by atoms with Gasteiger partial charge in [0.1, 0.15) is 5.82 Å². The summed E-state index contributed by atoms with van der Waals surface area (Å²) in [5.41, 5.74) is 2.29. The Morgan fingerprint density at radius 1 is 1.00 bits per heavy atom. The van der Waals surface area contributed by atoms with Gasteiger partial charge in [-0.25, -0.2) is 12.8 Å². The summed E-state index contributed by atoms with van der Waals surface area (Å²) < 4.78 is 40.5. The molecule has 0 radical (unpaired) electrons. The van der Waals surface area contributed by atoms with E-state index in [1.807, 2.05) is 18.2 Å². The maximum Gasteiger partial charge on any atom is 0.243 e. The third-order valence-electron chi connectivity index (χ3n) is 6.77. The highest BCUT2D eigenvalue weighted by Crippen LogP contribution is 2.24. The second-order valence-corrected chi connectivity index (χ2v) is 11.2. The van der Waals surface area contributed by atoms with E-state index >= 15 is 0 Å². The van der Waals surface area contributed by atoms with Crippen LogP contribution < -0.4 is 5.32 Å². The predicted molar refractivity (Wildman–Crippen MR) is 129 cm³/mol. The summed E-state index contributed by atoms with van der Waals surface area (Å²) in [6, 6.07) is 13.0. The van der Waals surface area contributed by atoms with Crippen LogP contribution in [0.2, 0.25) is 0 Å². The van der Waals surface area contributed by atoms with Crippen LogP contribution in [0.3, 0.4) is 0 Å². The molecule has 1 amide bonds. The summed E-state index contributed by atoms with van der Waals surface area (Å²) in [7, 11) is -1.62. The van der Waals surface area contributed by atoms with Gasteiger partial charge in [0, 0.05) is 52.4 Å². The number of hydrogen-bond donors (Lipinski definition) is 1. The molecule has 2 aliphatic rings. The number of carbonyl (C=O) groups is 1. The molecule has 1 unspecified atom stereocenters. The third-order valence-corrected chi connectivity index (χ3v) is 8.65. The van der Waals surface area contributed by atoms with E-state index in [2.05, 4.69) is 28.2 Å². The van der Waals surface area contributed by atoms with Gasteiger partial charge in [0.25, 0.3) is 0 Å². The van der Waals surface area contributed by atoms with Crippen LogP contribution in [0.25, 0.3) is 0 Å². The van der Waals surface area contributed by atoms with Crippen LogP contribution in [0.5, 0.6) is 0 Å². The van der Waals surface area contributed by atoms with Crippen LogP contribution in [0.1, 0.15) is 24.0 Å². The molecule has 2 heterocycles. The molecule has 2 aromatic carbocycles. The van der Waals surface area contributed by atoms with Crippen molar-refractivity contribution in [2.24, 2.45) is 5.92 Å². The van der Waals surface area contributed by atoms with E-state index in [4.69, 9.17) is 0 Å². The molecule has 2 saturated heterocycles. The van der Waals surface area contributed by atoms with Gasteiger partial charge in [0.05, 0.1) is 10.8 Å². The maximum atomic E-state index is 13.2. The molecule has 0 saturated carbocycles. The first-order valence-corrected chi connectivity index (χ1v) is 13.3. The number of benzene rings is 2. The van der Waals surface area contributed by atoms with Gasteiger partial charge >= 0.3 is 0 Å². The molecule has 184 valence electrons. The topological polar surface area (TPSA) is 73.0 Å². The van der Waals surface area contributed by atoms with Crippen molar-refractivity contribution in [1.29, 1.82) is 0 Å². The summed E-state index contributed by atoms with van der Waals surface area (Å²) in [5.74, 6) is -1.02. The molecule has 4 rings (SSSR count). The van der Waals surface area contributed by atoms with E-state index in [1.165, 1.54) is 22.0 Å². The van der Waals surface area contributed by atoms with Crippen molar-refractivity contribution in [3.05, 3.63) is 65.5 Å². The van der Waals surface area contributed by atoms with Gasteiger partial charge in [0.2, 0.25) is 15.9 Å². The number of nitrogens with one attached hydrogen (secondary N) is 1. The van der Waals surface area contributed by atoms with Crippen molar-refractivity contribution < 1.29 is 17.6 Å². The predicted octanol–water partition coefficient (Wildman–Crippen LogP) is 2.29. The summed E-state index contributed by atoms with van der Waals surface area (Å²) in [5, 5.41) is 3.04. The van der Waals surface area contributed by atoms with Gasteiger partial charge in [-0.1, -0.05) is 24.3 Å². The van der Waals surface area contributed by atoms with E-state index in [9.17, 15) is 17.6 Å². The molecule has 0 aliphatic carbocycles. The molecular formula is C25H33FN4O3S. The Labute approximate surface area is 201 Å². The normalized spacial score (nSPS) is 20.8. The molecule has 9 heteroatoms. The van der Waals surface area contributed by atoms with E-state index < -0.39 is 21.8 Å². The smallest absolute Gasteiger partial charge is 0.243 e. The first kappa shape index (κ1) is 24.8. The first-order valence-electron chi connectivity index (χ1n) is 11.8. The fourth-order valence-electron chi connectivity index (χ4n) is 4.59. The first-order chi connectivity index (χ1) is 16.3. The highest BCUT2D eigenvalue weighted by Gasteiger charge is 2.33. The van der Waals surface area contributed by atoms with Crippen molar-refractivity contribution in [2.45, 2.75) is 30.8 Å². The number of halogens is 1. The fourth-order valence-corrected chi connectivity index (χ4v) is 6.11. The summed E-state index contributed by atoms with van der Waals surface area (Å²) in [6.45, 7) is 5.92. The van der Waals surface area contributed by atoms with Crippen LogP contribution in [-0.4, -0.2) is 74.7 Å². The van der Waals surface area contributed by atoms with Crippen molar-refractivity contribution in [2.75, 3.05) is 46.3 Å². The number of piperazine rings is 1. The standard InChI is InChI=1S/C25H33FN4O3S/c1-28-13-15-29(16-14-28)18-21-6-3-2-5-20(21)17-27-25(31)22-7-4-12-30(19-22)34(32,33)24-10-8-23(26)9-11-24/h2-3,5-6,8-11,22H,4,7,12-19H2,1H3,(H,27,31). The van der Waals surface area contributed by atoms with Crippen molar-refractivity contribution in [1.82, 2.24) is 19.4 Å². The van der Waals surface area contributed by atoms with Crippen LogP contribution in [0.4, 0.5) is 4.39 Å². The molecule has 7 nitrogen and oxygen atoms in total. The van der Waals surface area contributed by atoms with E-state index in [0.29, 0.717) is 25.9 Å². The van der Waals surface area contributed by atoms with E-state index in [1.54, 1.807) is 0 Å². The number of hydrogen-bond acceptors (Lipinski definition) is 5. The molecule has 2 fully saturated rings. The minimum atomic E-state index is -3.76. The zero-order valence-electron chi connectivity index (χ0n) is 19.6. The number of rotatable bonds is 7. The summed E-state index contributed by atoms with van der Waals surface area (Å²) >= 11 is 0. The Bertz CT molecular complexity index is 1090. The minimum absolute atomic E-state index is 0.0489. The Balaban J connectivity index is 1.36. The highest BCUT2D eigenvalue weighted by atomic mass is 32.2. The zero-order valence-corrected chi connectivity index (χ0v) is 20.4. The van der Waals surface area contributed by atoms with Crippen LogP contribution in [0, 0.1) is 11.7 Å². The van der Waals surface area contributed by atoms with Gasteiger partial charge in [-0.3, -0.25) is 9.69 Å². The van der Waals surface area contributed by atoms with Crippen LogP contribution >= 0.6 is 0 Å². The second kappa shape index (κ2) is 10.9. The average molecular weight is 489 g/mol. The van der Waals surface area contributed by atoms with Gasteiger partial charge in [-0.15, -0.1) is 0 Å². The Morgan fingerprint density at radius 2 is 1.68 bits per heavy atom. The van der Waals surface area contributed by atoms with E-state index in [-0.39, 0.29) is 17.3 Å². The van der Waals surface area contributed by atoms with Crippen molar-refractivity contribution in [3.8, 4) is 0 Å². The quantitative estimate of drug-likeness (QED) is 0.648. The minimum Gasteiger partial charge on any atom is -0.352 e. The number of amides is 1. The molecule has 0 bridgehead atoms. The summed E-state index contributed by atoms with van der Waals surface area (Å²) in [4.78, 5) is 17.8. The summed E-state index contributed by atoms with van der Waals surface area (Å²) in [6.07, 6.45) is 1.25. The van der Waals surface area contributed by atoms with E-state index in [0.717, 1.165) is 50.4 Å². The molecule has 1 atom stereocenters. The lowest BCUT2D eigenvalue weighted by Gasteiger charge is -2.33. The lowest BCUT2D eigenvalue weighted by atomic mass is 9.98. The molecule has 2 aromatic rings. The third kappa shape index (κ3) is 6.02. The largest absolute Gasteiger partial charge is 0.352 e. The zero-order chi connectivity index (χ0) is 24.1. The molecule has 0 spiro atoms. The van der Waals surface area contributed by atoms with Gasteiger partial charge in [0.15, 0.2) is 0 Å². The van der Waals surface area contributed by atoms with Crippen LogP contribution in [-0.2, 0) is 27.9 Å². The van der Waals surface area contributed by atoms with Gasteiger partial charge < -0.3 is 10.2 Å². The average Bonchev–Trinajstić information content (AvgIpc) is 2.85. The molecule has 2 aliphatic heterocycles. The SMILES string of the molecule is CN1CCN(Cc2ccccc2CNC(=O)C2CCCN(S(=O)(=O)c3ccc(F)cc3)C2)CC1. The number of sulfonamides is 1. The van der Waals surface area contributed by atoms with Crippen molar-refractivity contribution in [3.63, 3.8) is 0 Å². The molecule has 34 heavy (non-hydrogen) atoms.